The predicted molar refractivity (Wildman–Crippen MR) is 121 cm³/mol. The summed E-state index contributed by atoms with van der Waals surface area (Å²) in [4.78, 5) is 2.00. The van der Waals surface area contributed by atoms with Crippen molar-refractivity contribution in [1.82, 2.24) is 9.47 Å². The van der Waals surface area contributed by atoms with Gasteiger partial charge in [-0.05, 0) is 41.5 Å². The molecule has 0 spiro atoms. The lowest BCUT2D eigenvalue weighted by Gasteiger charge is -2.26. The van der Waals surface area contributed by atoms with Crippen LogP contribution in [0.1, 0.15) is 11.1 Å². The summed E-state index contributed by atoms with van der Waals surface area (Å²) in [6, 6.07) is 21.5. The van der Waals surface area contributed by atoms with Gasteiger partial charge in [0.2, 0.25) is 0 Å². The van der Waals surface area contributed by atoms with Gasteiger partial charge in [-0.2, -0.15) is 0 Å². The molecule has 3 nitrogen and oxygen atoms in total. The van der Waals surface area contributed by atoms with Crippen LogP contribution in [0.15, 0.2) is 79.0 Å². The SMILES string of the molecule is Cn1cc(CN(Cc2ccccc2)C(=S)Nc2cc(F)cc(F)c2)c2ccccc21. The number of anilines is 1. The van der Waals surface area contributed by atoms with Gasteiger partial charge in [-0.25, -0.2) is 8.78 Å². The average molecular weight is 422 g/mol. The van der Waals surface area contributed by atoms with Crippen LogP contribution in [-0.2, 0) is 20.1 Å². The molecule has 0 saturated heterocycles. The molecular formula is C24H21F2N3S. The first-order valence-electron chi connectivity index (χ1n) is 9.58. The largest absolute Gasteiger partial charge is 0.350 e. The highest BCUT2D eigenvalue weighted by Crippen LogP contribution is 2.23. The first kappa shape index (κ1) is 20.0. The van der Waals surface area contributed by atoms with Crippen molar-refractivity contribution in [2.45, 2.75) is 13.1 Å². The van der Waals surface area contributed by atoms with E-state index in [2.05, 4.69) is 28.2 Å². The standard InChI is InChI=1S/C24H21F2N3S/c1-28-15-18(22-9-5-6-10-23(22)28)16-29(14-17-7-3-2-4-8-17)24(30)27-21-12-19(25)11-20(26)13-21/h2-13,15H,14,16H2,1H3,(H,27,30). The van der Waals surface area contributed by atoms with Crippen LogP contribution in [0.4, 0.5) is 14.5 Å². The molecule has 4 rings (SSSR count). The zero-order valence-electron chi connectivity index (χ0n) is 16.5. The fourth-order valence-corrected chi connectivity index (χ4v) is 3.84. The minimum absolute atomic E-state index is 0.286. The van der Waals surface area contributed by atoms with Gasteiger partial charge in [0.25, 0.3) is 0 Å². The van der Waals surface area contributed by atoms with Crippen LogP contribution in [0.3, 0.4) is 0 Å². The van der Waals surface area contributed by atoms with Crippen molar-refractivity contribution in [3.8, 4) is 0 Å². The molecule has 0 amide bonds. The maximum atomic E-state index is 13.6. The number of hydrogen-bond donors (Lipinski definition) is 1. The second-order valence-corrected chi connectivity index (χ2v) is 7.60. The summed E-state index contributed by atoms with van der Waals surface area (Å²) in [7, 11) is 2.01. The molecule has 30 heavy (non-hydrogen) atoms. The minimum atomic E-state index is -0.649. The van der Waals surface area contributed by atoms with Crippen molar-refractivity contribution in [2.24, 2.45) is 7.05 Å². The first-order chi connectivity index (χ1) is 14.5. The van der Waals surface area contributed by atoms with Gasteiger partial charge in [-0.3, -0.25) is 0 Å². The number of nitrogens with one attached hydrogen (secondary N) is 1. The van der Waals surface area contributed by atoms with Gasteiger partial charge in [0.05, 0.1) is 0 Å². The minimum Gasteiger partial charge on any atom is -0.350 e. The number of benzene rings is 3. The molecule has 1 heterocycles. The molecule has 0 radical (unpaired) electrons. The molecule has 3 aromatic carbocycles. The van der Waals surface area contributed by atoms with E-state index in [4.69, 9.17) is 12.2 Å². The maximum absolute atomic E-state index is 13.6. The van der Waals surface area contributed by atoms with Crippen LogP contribution < -0.4 is 5.32 Å². The number of aromatic nitrogens is 1. The zero-order valence-corrected chi connectivity index (χ0v) is 17.3. The van der Waals surface area contributed by atoms with E-state index in [-0.39, 0.29) is 5.69 Å². The Morgan fingerprint density at radius 2 is 1.60 bits per heavy atom. The van der Waals surface area contributed by atoms with E-state index in [1.165, 1.54) is 12.1 Å². The Kier molecular flexibility index (Phi) is 5.77. The number of nitrogens with zero attached hydrogens (tertiary/aromatic N) is 2. The van der Waals surface area contributed by atoms with Crippen LogP contribution in [0.5, 0.6) is 0 Å². The monoisotopic (exact) mass is 421 g/mol. The van der Waals surface area contributed by atoms with E-state index in [1.54, 1.807) is 0 Å². The van der Waals surface area contributed by atoms with E-state index in [0.717, 1.165) is 28.1 Å². The highest BCUT2D eigenvalue weighted by molar-refractivity contribution is 7.80. The summed E-state index contributed by atoms with van der Waals surface area (Å²) >= 11 is 5.63. The Labute approximate surface area is 179 Å². The second-order valence-electron chi connectivity index (χ2n) is 7.21. The second kappa shape index (κ2) is 8.63. The van der Waals surface area contributed by atoms with Crippen molar-refractivity contribution in [3.63, 3.8) is 0 Å². The Hall–Kier alpha value is -3.25. The maximum Gasteiger partial charge on any atom is 0.174 e. The third-order valence-electron chi connectivity index (χ3n) is 4.96. The average Bonchev–Trinajstić information content (AvgIpc) is 3.03. The fraction of sp³-hybridized carbons (Fsp3) is 0.125. The van der Waals surface area contributed by atoms with E-state index in [1.807, 2.05) is 54.4 Å². The Morgan fingerprint density at radius 3 is 2.33 bits per heavy atom. The van der Waals surface area contributed by atoms with E-state index < -0.39 is 11.6 Å². The van der Waals surface area contributed by atoms with E-state index in [0.29, 0.717) is 18.2 Å². The summed E-state index contributed by atoms with van der Waals surface area (Å²) in [6.45, 7) is 1.12. The van der Waals surface area contributed by atoms with Crippen LogP contribution in [0.2, 0.25) is 0 Å². The molecule has 0 atom stereocenters. The number of halogens is 2. The number of fused-ring (bicyclic) bond motifs is 1. The topological polar surface area (TPSA) is 20.2 Å². The molecule has 4 aromatic rings. The predicted octanol–water partition coefficient (Wildman–Crippen LogP) is 5.86. The van der Waals surface area contributed by atoms with Gasteiger partial charge in [0.15, 0.2) is 5.11 Å². The molecule has 0 bridgehead atoms. The summed E-state index contributed by atoms with van der Waals surface area (Å²) < 4.78 is 29.3. The van der Waals surface area contributed by atoms with Crippen molar-refractivity contribution in [1.29, 1.82) is 0 Å². The molecule has 0 fully saturated rings. The Bertz CT molecular complexity index is 1170. The molecule has 1 N–H and O–H groups in total. The smallest absolute Gasteiger partial charge is 0.174 e. The lowest BCUT2D eigenvalue weighted by molar-refractivity contribution is 0.414. The highest BCUT2D eigenvalue weighted by Gasteiger charge is 2.15. The van der Waals surface area contributed by atoms with E-state index in [9.17, 15) is 8.78 Å². The van der Waals surface area contributed by atoms with Crippen LogP contribution >= 0.6 is 12.2 Å². The molecule has 0 unspecified atom stereocenters. The van der Waals surface area contributed by atoms with Gasteiger partial charge in [-0.15, -0.1) is 0 Å². The van der Waals surface area contributed by atoms with Gasteiger partial charge < -0.3 is 14.8 Å². The number of para-hydroxylation sites is 1. The van der Waals surface area contributed by atoms with Gasteiger partial charge >= 0.3 is 0 Å². The molecule has 152 valence electrons. The quantitative estimate of drug-likeness (QED) is 0.408. The lowest BCUT2D eigenvalue weighted by atomic mass is 10.1. The molecule has 6 heteroatoms. The normalized spacial score (nSPS) is 10.9. The third kappa shape index (κ3) is 4.49. The number of rotatable bonds is 5. The molecule has 0 aliphatic carbocycles. The summed E-state index contributed by atoms with van der Waals surface area (Å²) in [5.41, 5.74) is 3.64. The highest BCUT2D eigenvalue weighted by atomic mass is 32.1. The Morgan fingerprint density at radius 1 is 0.933 bits per heavy atom. The van der Waals surface area contributed by atoms with Crippen molar-refractivity contribution in [3.05, 3.63) is 102 Å². The van der Waals surface area contributed by atoms with Gasteiger partial charge in [0.1, 0.15) is 11.6 Å². The molecular weight excluding hydrogens is 400 g/mol. The lowest BCUT2D eigenvalue weighted by Crippen LogP contribution is -2.33. The number of hydrogen-bond acceptors (Lipinski definition) is 1. The number of thiocarbonyl (C=S) groups is 1. The van der Waals surface area contributed by atoms with Crippen LogP contribution in [0, 0.1) is 11.6 Å². The van der Waals surface area contributed by atoms with Crippen molar-refractivity contribution < 1.29 is 8.78 Å². The van der Waals surface area contributed by atoms with Gasteiger partial charge in [0, 0.05) is 49.0 Å². The van der Waals surface area contributed by atoms with Crippen LogP contribution in [0.25, 0.3) is 10.9 Å². The summed E-state index contributed by atoms with van der Waals surface area (Å²) in [6.07, 6.45) is 2.09. The summed E-state index contributed by atoms with van der Waals surface area (Å²) in [5.74, 6) is -1.30. The third-order valence-corrected chi connectivity index (χ3v) is 5.32. The first-order valence-corrected chi connectivity index (χ1v) is 9.99. The summed E-state index contributed by atoms with van der Waals surface area (Å²) in [5, 5.41) is 4.54. The van der Waals surface area contributed by atoms with E-state index >= 15 is 0 Å². The fourth-order valence-electron chi connectivity index (χ4n) is 3.59. The van der Waals surface area contributed by atoms with Crippen LogP contribution in [-0.4, -0.2) is 14.6 Å². The van der Waals surface area contributed by atoms with Gasteiger partial charge in [-0.1, -0.05) is 48.5 Å². The molecule has 0 saturated carbocycles. The Balaban J connectivity index is 1.64. The number of aryl methyl sites for hydroxylation is 1. The molecule has 0 aliphatic rings. The zero-order chi connectivity index (χ0) is 21.1. The molecule has 1 aromatic heterocycles. The van der Waals surface area contributed by atoms with Crippen molar-refractivity contribution >= 4 is 33.9 Å². The molecule has 0 aliphatic heterocycles. The van der Waals surface area contributed by atoms with Crippen molar-refractivity contribution in [2.75, 3.05) is 5.32 Å².